The normalized spacial score (nSPS) is 12.4. The molecule has 3 heterocycles. The molecule has 0 bridgehead atoms. The fourth-order valence-electron chi connectivity index (χ4n) is 3.63. The van der Waals surface area contributed by atoms with E-state index in [-0.39, 0.29) is 34.6 Å². The van der Waals surface area contributed by atoms with Crippen LogP contribution in [-0.4, -0.2) is 33.8 Å². The lowest BCUT2D eigenvalue weighted by molar-refractivity contribution is -0.115. The van der Waals surface area contributed by atoms with Crippen LogP contribution < -0.4 is 21.3 Å². The molecule has 2 aromatic carbocycles. The first kappa shape index (κ1) is 19.5. The highest BCUT2D eigenvalue weighted by molar-refractivity contribution is 6.01. The van der Waals surface area contributed by atoms with Crippen molar-refractivity contribution in [3.8, 4) is 0 Å². The van der Waals surface area contributed by atoms with Gasteiger partial charge in [-0.25, -0.2) is 4.39 Å². The minimum Gasteiger partial charge on any atom is -0.355 e. The van der Waals surface area contributed by atoms with Crippen LogP contribution in [0.1, 0.15) is 15.9 Å². The van der Waals surface area contributed by atoms with Crippen molar-refractivity contribution in [2.75, 3.05) is 23.0 Å². The van der Waals surface area contributed by atoms with Crippen LogP contribution >= 0.6 is 0 Å². The minimum atomic E-state index is -0.520. The summed E-state index contributed by atoms with van der Waals surface area (Å²) in [5.41, 5.74) is 3.48. The van der Waals surface area contributed by atoms with Gasteiger partial charge in [-0.15, -0.1) is 0 Å². The summed E-state index contributed by atoms with van der Waals surface area (Å²) in [5, 5.41) is 11.7. The number of benzene rings is 2. The Morgan fingerprint density at radius 2 is 1.97 bits per heavy atom. The summed E-state index contributed by atoms with van der Waals surface area (Å²) in [5.74, 6) is -0.443. The fourth-order valence-corrected chi connectivity index (χ4v) is 3.63. The van der Waals surface area contributed by atoms with Crippen molar-refractivity contribution in [2.45, 2.75) is 6.42 Å². The quantitative estimate of drug-likeness (QED) is 0.330. The molecule has 1 aliphatic heterocycles. The van der Waals surface area contributed by atoms with Crippen molar-refractivity contribution < 1.29 is 14.0 Å². The van der Waals surface area contributed by atoms with Gasteiger partial charge in [0.05, 0.1) is 23.1 Å². The number of halogens is 1. The first-order valence-corrected chi connectivity index (χ1v) is 9.84. The maximum absolute atomic E-state index is 14.5. The number of aromatic amines is 1. The molecular formula is C22H18FN7O2. The van der Waals surface area contributed by atoms with Gasteiger partial charge in [-0.05, 0) is 35.9 Å². The van der Waals surface area contributed by atoms with E-state index in [4.69, 9.17) is 0 Å². The topological polar surface area (TPSA) is 124 Å². The van der Waals surface area contributed by atoms with Gasteiger partial charge in [0.15, 0.2) is 5.82 Å². The van der Waals surface area contributed by atoms with E-state index in [0.29, 0.717) is 23.4 Å². The third kappa shape index (κ3) is 3.47. The van der Waals surface area contributed by atoms with E-state index in [9.17, 15) is 14.0 Å². The predicted molar refractivity (Wildman–Crippen MR) is 119 cm³/mol. The number of fused-ring (bicyclic) bond motifs is 2. The summed E-state index contributed by atoms with van der Waals surface area (Å²) < 4.78 is 14.5. The summed E-state index contributed by atoms with van der Waals surface area (Å²) in [4.78, 5) is 35.4. The number of carbonyl (C=O) groups is 2. The molecule has 10 heteroatoms. The van der Waals surface area contributed by atoms with E-state index < -0.39 is 5.82 Å². The number of anilines is 5. The summed E-state index contributed by atoms with van der Waals surface area (Å²) in [6.45, 7) is 0. The molecule has 0 saturated heterocycles. The van der Waals surface area contributed by atoms with Crippen molar-refractivity contribution in [1.29, 1.82) is 0 Å². The Morgan fingerprint density at radius 3 is 2.81 bits per heavy atom. The molecule has 32 heavy (non-hydrogen) atoms. The van der Waals surface area contributed by atoms with Crippen LogP contribution in [0.3, 0.4) is 0 Å². The first-order valence-electron chi connectivity index (χ1n) is 9.84. The molecule has 0 unspecified atom stereocenters. The van der Waals surface area contributed by atoms with Crippen LogP contribution in [0.25, 0.3) is 11.0 Å². The molecule has 5 N–H and O–H groups in total. The van der Waals surface area contributed by atoms with E-state index in [2.05, 4.69) is 36.2 Å². The number of hydrogen-bond donors (Lipinski definition) is 5. The Bertz CT molecular complexity index is 1380. The Hall–Kier alpha value is -4.47. The van der Waals surface area contributed by atoms with Crippen molar-refractivity contribution in [1.82, 2.24) is 20.3 Å². The second-order valence-corrected chi connectivity index (χ2v) is 7.23. The van der Waals surface area contributed by atoms with E-state index >= 15 is 0 Å². The summed E-state index contributed by atoms with van der Waals surface area (Å²) in [6, 6.07) is 12.3. The maximum atomic E-state index is 14.5. The number of carbonyl (C=O) groups excluding carboxylic acids is 2. The molecular weight excluding hydrogens is 413 g/mol. The molecule has 4 aromatic rings. The monoisotopic (exact) mass is 431 g/mol. The molecule has 0 aliphatic carbocycles. The molecule has 1 aliphatic rings. The van der Waals surface area contributed by atoms with E-state index in [0.717, 1.165) is 11.3 Å². The summed E-state index contributed by atoms with van der Waals surface area (Å²) in [7, 11) is 1.54. The molecule has 2 amide bonds. The highest BCUT2D eigenvalue weighted by Crippen LogP contribution is 2.31. The van der Waals surface area contributed by atoms with E-state index in [1.54, 1.807) is 36.4 Å². The zero-order valence-corrected chi connectivity index (χ0v) is 16.9. The van der Waals surface area contributed by atoms with Crippen LogP contribution in [-0.2, 0) is 11.2 Å². The number of rotatable bonds is 5. The molecule has 9 nitrogen and oxygen atoms in total. The number of amides is 2. The largest absolute Gasteiger partial charge is 0.355 e. The smallest absolute Gasteiger partial charge is 0.253 e. The standard InChI is InChI=1S/C22H18FN7O2/c1-24-21(32)13-4-2-3-5-16(13)28-20-18-14(23)10-25-19(18)29-22(30-20)26-12-6-7-15-11(8-12)9-17(31)27-15/h2-8,10H,9H2,1H3,(H,24,32)(H,27,31)(H3,25,26,28,29,30). The van der Waals surface area contributed by atoms with Crippen LogP contribution in [0, 0.1) is 5.82 Å². The van der Waals surface area contributed by atoms with Gasteiger partial charge in [0.1, 0.15) is 11.5 Å². The van der Waals surface area contributed by atoms with Crippen molar-refractivity contribution in [3.63, 3.8) is 0 Å². The van der Waals surface area contributed by atoms with Crippen molar-refractivity contribution in [2.24, 2.45) is 0 Å². The van der Waals surface area contributed by atoms with Crippen molar-refractivity contribution >= 4 is 51.7 Å². The predicted octanol–water partition coefficient (Wildman–Crippen LogP) is 3.44. The molecule has 0 spiro atoms. The van der Waals surface area contributed by atoms with Crippen LogP contribution in [0.4, 0.5) is 33.2 Å². The third-order valence-electron chi connectivity index (χ3n) is 5.12. The lowest BCUT2D eigenvalue weighted by Gasteiger charge is -2.13. The molecule has 2 aromatic heterocycles. The van der Waals surface area contributed by atoms with Gasteiger partial charge in [0, 0.05) is 24.6 Å². The van der Waals surface area contributed by atoms with Gasteiger partial charge >= 0.3 is 0 Å². The average Bonchev–Trinajstić information content (AvgIpc) is 3.34. The Kier molecular flexibility index (Phi) is 4.66. The van der Waals surface area contributed by atoms with Gasteiger partial charge in [0.25, 0.3) is 5.91 Å². The van der Waals surface area contributed by atoms with Crippen LogP contribution in [0.2, 0.25) is 0 Å². The van der Waals surface area contributed by atoms with Crippen molar-refractivity contribution in [3.05, 3.63) is 65.6 Å². The number of hydrogen-bond acceptors (Lipinski definition) is 6. The van der Waals surface area contributed by atoms with Gasteiger partial charge in [-0.1, -0.05) is 12.1 Å². The third-order valence-corrected chi connectivity index (χ3v) is 5.12. The lowest BCUT2D eigenvalue weighted by Crippen LogP contribution is -2.19. The Morgan fingerprint density at radius 1 is 1.12 bits per heavy atom. The summed E-state index contributed by atoms with van der Waals surface area (Å²) >= 11 is 0. The zero-order valence-electron chi connectivity index (χ0n) is 16.9. The highest BCUT2D eigenvalue weighted by Gasteiger charge is 2.19. The van der Waals surface area contributed by atoms with Gasteiger partial charge in [-0.3, -0.25) is 9.59 Å². The van der Waals surface area contributed by atoms with Crippen LogP contribution in [0.15, 0.2) is 48.7 Å². The second-order valence-electron chi connectivity index (χ2n) is 7.23. The molecule has 0 atom stereocenters. The zero-order chi connectivity index (χ0) is 22.2. The number of H-pyrrole nitrogens is 1. The van der Waals surface area contributed by atoms with Gasteiger partial charge in [0.2, 0.25) is 11.9 Å². The van der Waals surface area contributed by atoms with Crippen LogP contribution in [0.5, 0.6) is 0 Å². The maximum Gasteiger partial charge on any atom is 0.253 e. The van der Waals surface area contributed by atoms with Gasteiger partial charge in [-0.2, -0.15) is 9.97 Å². The first-order chi connectivity index (χ1) is 15.5. The average molecular weight is 431 g/mol. The summed E-state index contributed by atoms with van der Waals surface area (Å²) in [6.07, 6.45) is 1.50. The lowest BCUT2D eigenvalue weighted by atomic mass is 10.1. The molecule has 5 rings (SSSR count). The van der Waals surface area contributed by atoms with Gasteiger partial charge < -0.3 is 26.3 Å². The van der Waals surface area contributed by atoms with E-state index in [1.165, 1.54) is 13.2 Å². The molecule has 0 fully saturated rings. The number of aromatic nitrogens is 3. The number of nitrogens with zero attached hydrogens (tertiary/aromatic N) is 2. The minimum absolute atomic E-state index is 0.0575. The SMILES string of the molecule is CNC(=O)c1ccccc1Nc1nc(Nc2ccc3c(c2)CC(=O)N3)nc2[nH]cc(F)c12. The van der Waals surface area contributed by atoms with E-state index in [1.807, 2.05) is 6.07 Å². The molecule has 0 radical (unpaired) electrons. The fraction of sp³-hybridized carbons (Fsp3) is 0.0909. The molecule has 160 valence electrons. The Balaban J connectivity index is 1.53. The number of nitrogens with one attached hydrogen (secondary N) is 5. The highest BCUT2D eigenvalue weighted by atomic mass is 19.1. The Labute approximate surface area is 181 Å². The second kappa shape index (κ2) is 7.65. The number of para-hydroxylation sites is 1. The molecule has 0 saturated carbocycles.